The number of nitrogens with zero attached hydrogens (tertiary/aromatic N) is 2. The molecule has 8 nitrogen and oxygen atoms in total. The fourth-order valence-electron chi connectivity index (χ4n) is 4.42. The third kappa shape index (κ3) is 5.79. The fraction of sp³-hybridized carbons (Fsp3) is 0.129. The van der Waals surface area contributed by atoms with E-state index in [0.717, 1.165) is 33.5 Å². The van der Waals surface area contributed by atoms with Gasteiger partial charge in [0.15, 0.2) is 5.75 Å². The van der Waals surface area contributed by atoms with Gasteiger partial charge in [0.1, 0.15) is 10.6 Å². The molecule has 5 N–H and O–H groups in total. The van der Waals surface area contributed by atoms with E-state index in [1.807, 2.05) is 84.6 Å². The van der Waals surface area contributed by atoms with Crippen LogP contribution in [0.2, 0.25) is 0 Å². The van der Waals surface area contributed by atoms with Crippen molar-refractivity contribution in [2.45, 2.75) is 16.7 Å². The van der Waals surface area contributed by atoms with Gasteiger partial charge in [-0.3, -0.25) is 14.6 Å². The lowest BCUT2D eigenvalue weighted by atomic mass is 9.99. The van der Waals surface area contributed by atoms with Crippen molar-refractivity contribution in [3.8, 4) is 16.9 Å². The molecule has 0 saturated heterocycles. The number of amides is 1. The number of benzene rings is 3. The predicted molar refractivity (Wildman–Crippen MR) is 164 cm³/mol. The Labute approximate surface area is 237 Å². The second kappa shape index (κ2) is 12.9. The van der Waals surface area contributed by atoms with Crippen LogP contribution in [0, 0.1) is 0 Å². The average Bonchev–Trinajstić information content (AvgIpc) is 2.99. The summed E-state index contributed by atoms with van der Waals surface area (Å²) in [6.07, 6.45) is 2.89. The third-order valence-corrected chi connectivity index (χ3v) is 7.39. The number of nitrogens with two attached hydrogens (primary N) is 1. The Morgan fingerprint density at radius 1 is 1.07 bits per heavy atom. The summed E-state index contributed by atoms with van der Waals surface area (Å²) in [5.74, 6) is -0.330. The van der Waals surface area contributed by atoms with E-state index < -0.39 is 5.56 Å². The lowest BCUT2D eigenvalue weighted by Crippen LogP contribution is -2.22. The Balaban J connectivity index is 1.80. The zero-order valence-corrected chi connectivity index (χ0v) is 23.3. The van der Waals surface area contributed by atoms with Crippen LogP contribution in [0.25, 0.3) is 16.7 Å². The van der Waals surface area contributed by atoms with E-state index in [4.69, 9.17) is 5.73 Å². The molecule has 9 heteroatoms. The summed E-state index contributed by atoms with van der Waals surface area (Å²) in [7, 11) is 3.21. The number of carbonyl (C=O) groups excluding carboxylic acids is 1. The molecule has 0 aliphatic carbocycles. The second-order valence-electron chi connectivity index (χ2n) is 8.70. The molecule has 3 aromatic carbocycles. The smallest absolute Gasteiger partial charge is 0.266 e. The highest BCUT2D eigenvalue weighted by Gasteiger charge is 2.25. The van der Waals surface area contributed by atoms with Gasteiger partial charge < -0.3 is 26.0 Å². The van der Waals surface area contributed by atoms with E-state index in [9.17, 15) is 14.7 Å². The number of aromatic amines is 1. The number of hydrogen-bond donors (Lipinski definition) is 4. The zero-order chi connectivity index (χ0) is 28.6. The molecule has 4 aromatic rings. The molecule has 0 unspecified atom stereocenters. The van der Waals surface area contributed by atoms with Crippen LogP contribution in [0.1, 0.15) is 23.0 Å². The van der Waals surface area contributed by atoms with Crippen molar-refractivity contribution in [2.75, 3.05) is 25.5 Å². The number of allylic oxidation sites excluding steroid dienone is 1. The second-order valence-corrected chi connectivity index (χ2v) is 9.78. The lowest BCUT2D eigenvalue weighted by Gasteiger charge is -2.27. The van der Waals surface area contributed by atoms with Crippen molar-refractivity contribution in [1.82, 2.24) is 10.3 Å². The summed E-state index contributed by atoms with van der Waals surface area (Å²) in [6, 6.07) is 24.5. The molecule has 0 spiro atoms. The Bertz CT molecular complexity index is 1610. The molecule has 1 aromatic heterocycles. The Morgan fingerprint density at radius 3 is 2.38 bits per heavy atom. The van der Waals surface area contributed by atoms with Gasteiger partial charge in [-0.2, -0.15) is 0 Å². The van der Waals surface area contributed by atoms with Gasteiger partial charge in [0.05, 0.1) is 5.69 Å². The van der Waals surface area contributed by atoms with Crippen LogP contribution in [0.4, 0.5) is 11.4 Å². The van der Waals surface area contributed by atoms with Crippen molar-refractivity contribution >= 4 is 40.8 Å². The number of carbonyl (C=O) groups is 1. The molecule has 1 heterocycles. The summed E-state index contributed by atoms with van der Waals surface area (Å²) >= 11 is 1.15. The van der Waals surface area contributed by atoms with Crippen molar-refractivity contribution < 1.29 is 9.90 Å². The topological polar surface area (TPSA) is 124 Å². The molecule has 4 rings (SSSR count). The first-order valence-electron chi connectivity index (χ1n) is 12.7. The van der Waals surface area contributed by atoms with Crippen molar-refractivity contribution in [2.24, 2.45) is 10.7 Å². The summed E-state index contributed by atoms with van der Waals surface area (Å²) in [6.45, 7) is 2.48. The largest absolute Gasteiger partial charge is 0.504 e. The molecule has 0 bridgehead atoms. The third-order valence-electron chi connectivity index (χ3n) is 6.30. The minimum atomic E-state index is -0.455. The molecule has 1 amide bonds. The van der Waals surface area contributed by atoms with Gasteiger partial charge >= 0.3 is 0 Å². The highest BCUT2D eigenvalue weighted by molar-refractivity contribution is 7.99. The molecule has 204 valence electrons. The highest BCUT2D eigenvalue weighted by Crippen LogP contribution is 2.43. The molecule has 0 fully saturated rings. The molecular weight excluding hydrogens is 522 g/mol. The summed E-state index contributed by atoms with van der Waals surface area (Å²) in [5.41, 5.74) is 9.76. The van der Waals surface area contributed by atoms with Crippen LogP contribution in [0.3, 0.4) is 0 Å². The minimum Gasteiger partial charge on any atom is -0.504 e. The van der Waals surface area contributed by atoms with E-state index in [2.05, 4.69) is 15.3 Å². The lowest BCUT2D eigenvalue weighted by molar-refractivity contribution is 0.0963. The van der Waals surface area contributed by atoms with Crippen molar-refractivity contribution in [1.29, 1.82) is 0 Å². The van der Waals surface area contributed by atoms with Crippen LogP contribution in [-0.4, -0.2) is 42.9 Å². The van der Waals surface area contributed by atoms with Gasteiger partial charge in [0.25, 0.3) is 11.5 Å². The maximum Gasteiger partial charge on any atom is 0.266 e. The van der Waals surface area contributed by atoms with E-state index in [-0.39, 0.29) is 16.6 Å². The SMILES string of the molecule is CCN(c1ccccc1)c1c(C(C=NC)=CN)[nH]c(=O)c(Sc2ccc(-c3ccccc3C(=O)NC)cc2)c1O. The van der Waals surface area contributed by atoms with Crippen molar-refractivity contribution in [3.05, 3.63) is 107 Å². The fourth-order valence-corrected chi connectivity index (χ4v) is 5.27. The van der Waals surface area contributed by atoms with Crippen LogP contribution in [-0.2, 0) is 0 Å². The number of para-hydroxylation sites is 1. The molecule has 0 atom stereocenters. The van der Waals surface area contributed by atoms with Gasteiger partial charge in [-0.1, -0.05) is 60.3 Å². The van der Waals surface area contributed by atoms with E-state index in [0.29, 0.717) is 29.1 Å². The number of hydrogen-bond acceptors (Lipinski definition) is 7. The summed E-state index contributed by atoms with van der Waals surface area (Å²) in [4.78, 5) is 35.5. The maximum atomic E-state index is 13.3. The van der Waals surface area contributed by atoms with Gasteiger partial charge in [-0.05, 0) is 48.4 Å². The van der Waals surface area contributed by atoms with E-state index in [1.165, 1.54) is 12.4 Å². The van der Waals surface area contributed by atoms with Crippen LogP contribution >= 0.6 is 11.8 Å². The molecule has 0 aliphatic heterocycles. The maximum absolute atomic E-state index is 13.3. The molecule has 0 aliphatic rings. The number of aromatic hydroxyl groups is 1. The average molecular weight is 554 g/mol. The number of aliphatic imine (C=N–C) groups is 1. The van der Waals surface area contributed by atoms with Crippen LogP contribution in [0.5, 0.6) is 5.75 Å². The van der Waals surface area contributed by atoms with Gasteiger partial charge in [0, 0.05) is 54.8 Å². The number of nitrogens with one attached hydrogen (secondary N) is 2. The van der Waals surface area contributed by atoms with Gasteiger partial charge in [-0.25, -0.2) is 0 Å². The van der Waals surface area contributed by atoms with Gasteiger partial charge in [-0.15, -0.1) is 0 Å². The number of pyridine rings is 1. The van der Waals surface area contributed by atoms with E-state index >= 15 is 0 Å². The van der Waals surface area contributed by atoms with Crippen LogP contribution < -0.4 is 21.5 Å². The number of H-pyrrole nitrogens is 1. The quantitative estimate of drug-likeness (QED) is 0.205. The van der Waals surface area contributed by atoms with Gasteiger partial charge in [0.2, 0.25) is 0 Å². The predicted octanol–water partition coefficient (Wildman–Crippen LogP) is 5.42. The van der Waals surface area contributed by atoms with Crippen LogP contribution in [0.15, 0.2) is 105 Å². The first kappa shape index (κ1) is 28.3. The first-order chi connectivity index (χ1) is 19.4. The highest BCUT2D eigenvalue weighted by atomic mass is 32.2. The molecular formula is C31H31N5O3S. The van der Waals surface area contributed by atoms with Crippen molar-refractivity contribution in [3.63, 3.8) is 0 Å². The Morgan fingerprint density at radius 2 is 1.75 bits per heavy atom. The first-order valence-corrected chi connectivity index (χ1v) is 13.5. The Hall–Kier alpha value is -4.76. The van der Waals surface area contributed by atoms with E-state index in [1.54, 1.807) is 20.2 Å². The summed E-state index contributed by atoms with van der Waals surface area (Å²) < 4.78 is 0. The normalized spacial score (nSPS) is 11.5. The Kier molecular flexibility index (Phi) is 9.08. The molecule has 40 heavy (non-hydrogen) atoms. The molecule has 0 saturated carbocycles. The monoisotopic (exact) mass is 553 g/mol. The molecule has 0 radical (unpaired) electrons. The summed E-state index contributed by atoms with van der Waals surface area (Å²) in [5, 5.41) is 14.3. The number of anilines is 2. The zero-order valence-electron chi connectivity index (χ0n) is 22.5. The number of aromatic nitrogens is 1. The minimum absolute atomic E-state index is 0.149. The standard InChI is InChI=1S/C31H31N5O3S/c1-4-36(22-10-6-5-7-11-22)27-26(21(18-32)19-33-2)35-31(39)29(28(27)37)40-23-16-14-20(15-17-23)24-12-8-9-13-25(24)30(38)34-3/h5-19H,4,32H2,1-3H3,(H,34,38)(H2,35,37,39). The number of rotatable bonds is 9.